The molecule has 1 aliphatic heterocycles. The van der Waals surface area contributed by atoms with Crippen LogP contribution in [0.25, 0.3) is 11.3 Å². The molecule has 4 rings (SSSR count). The third kappa shape index (κ3) is 3.68. The summed E-state index contributed by atoms with van der Waals surface area (Å²) in [6.07, 6.45) is -0.147. The molecule has 1 unspecified atom stereocenters. The monoisotopic (exact) mass is 378 g/mol. The highest BCUT2D eigenvalue weighted by Crippen LogP contribution is 2.23. The van der Waals surface area contributed by atoms with Crippen molar-refractivity contribution in [2.75, 3.05) is 6.54 Å². The Bertz CT molecular complexity index is 977. The van der Waals surface area contributed by atoms with Gasteiger partial charge >= 0.3 is 0 Å². The van der Waals surface area contributed by atoms with Gasteiger partial charge in [0.1, 0.15) is 17.7 Å². The summed E-state index contributed by atoms with van der Waals surface area (Å²) in [7, 11) is 0. The van der Waals surface area contributed by atoms with Crippen molar-refractivity contribution in [1.82, 2.24) is 20.4 Å². The Balaban J connectivity index is 1.53. The van der Waals surface area contributed by atoms with Crippen LogP contribution < -0.4 is 10.6 Å². The van der Waals surface area contributed by atoms with E-state index in [1.807, 2.05) is 0 Å². The van der Waals surface area contributed by atoms with Crippen molar-refractivity contribution in [1.29, 1.82) is 0 Å². The van der Waals surface area contributed by atoms with E-state index in [1.54, 1.807) is 22.9 Å². The van der Waals surface area contributed by atoms with Crippen LogP contribution in [-0.4, -0.2) is 22.2 Å². The Morgan fingerprint density at radius 1 is 1.18 bits per heavy atom. The van der Waals surface area contributed by atoms with E-state index in [2.05, 4.69) is 53.8 Å². The second-order valence-electron chi connectivity index (χ2n) is 7.37. The van der Waals surface area contributed by atoms with E-state index >= 15 is 0 Å². The number of amides is 1. The van der Waals surface area contributed by atoms with Crippen molar-refractivity contribution in [2.45, 2.75) is 32.5 Å². The SMILES string of the molecule is CC(C)c1ccc(CNC2CNC(=O)c3cc(-c4ccc(F)cc4)nn32)cc1. The minimum Gasteiger partial charge on any atom is -0.347 e. The molecule has 1 amide bonds. The summed E-state index contributed by atoms with van der Waals surface area (Å²) in [5.41, 5.74) is 4.42. The fourth-order valence-corrected chi connectivity index (χ4v) is 3.34. The molecular formula is C22H23FN4O. The maximum Gasteiger partial charge on any atom is 0.269 e. The van der Waals surface area contributed by atoms with Gasteiger partial charge < -0.3 is 5.32 Å². The number of benzene rings is 2. The van der Waals surface area contributed by atoms with Gasteiger partial charge in [-0.25, -0.2) is 9.07 Å². The van der Waals surface area contributed by atoms with Crippen LogP contribution in [0.5, 0.6) is 0 Å². The average molecular weight is 378 g/mol. The lowest BCUT2D eigenvalue weighted by Crippen LogP contribution is -2.45. The summed E-state index contributed by atoms with van der Waals surface area (Å²) >= 11 is 0. The van der Waals surface area contributed by atoms with E-state index in [-0.39, 0.29) is 17.9 Å². The number of nitrogens with one attached hydrogen (secondary N) is 2. The Kier molecular flexibility index (Phi) is 4.96. The quantitative estimate of drug-likeness (QED) is 0.709. The van der Waals surface area contributed by atoms with E-state index < -0.39 is 0 Å². The van der Waals surface area contributed by atoms with Gasteiger partial charge in [-0.2, -0.15) is 5.10 Å². The lowest BCUT2D eigenvalue weighted by Gasteiger charge is -2.26. The molecule has 3 aromatic rings. The third-order valence-corrected chi connectivity index (χ3v) is 5.05. The summed E-state index contributed by atoms with van der Waals surface area (Å²) in [5.74, 6) is 0.0563. The first-order chi connectivity index (χ1) is 13.5. The van der Waals surface area contributed by atoms with Crippen LogP contribution in [0.3, 0.4) is 0 Å². The molecule has 1 atom stereocenters. The molecule has 6 heteroatoms. The molecule has 0 saturated heterocycles. The number of fused-ring (bicyclic) bond motifs is 1. The molecule has 0 aliphatic carbocycles. The first-order valence-electron chi connectivity index (χ1n) is 9.47. The number of carbonyl (C=O) groups excluding carboxylic acids is 1. The maximum absolute atomic E-state index is 13.2. The first kappa shape index (κ1) is 18.4. The van der Waals surface area contributed by atoms with Crippen molar-refractivity contribution in [3.8, 4) is 11.3 Å². The number of carbonyl (C=O) groups is 1. The van der Waals surface area contributed by atoms with E-state index in [4.69, 9.17) is 0 Å². The Morgan fingerprint density at radius 2 is 1.89 bits per heavy atom. The Labute approximate surface area is 163 Å². The molecule has 2 aromatic carbocycles. The highest BCUT2D eigenvalue weighted by molar-refractivity contribution is 5.94. The summed E-state index contributed by atoms with van der Waals surface area (Å²) in [6, 6.07) is 16.4. The summed E-state index contributed by atoms with van der Waals surface area (Å²) in [6.45, 7) is 5.48. The summed E-state index contributed by atoms with van der Waals surface area (Å²) < 4.78 is 14.9. The summed E-state index contributed by atoms with van der Waals surface area (Å²) in [4.78, 5) is 12.2. The normalized spacial score (nSPS) is 16.1. The molecule has 2 N–H and O–H groups in total. The average Bonchev–Trinajstić information content (AvgIpc) is 3.15. The predicted molar refractivity (Wildman–Crippen MR) is 106 cm³/mol. The van der Waals surface area contributed by atoms with Crippen LogP contribution in [0.2, 0.25) is 0 Å². The first-order valence-corrected chi connectivity index (χ1v) is 9.47. The van der Waals surface area contributed by atoms with Crippen LogP contribution in [0, 0.1) is 5.82 Å². The molecule has 0 fully saturated rings. The molecule has 1 aliphatic rings. The van der Waals surface area contributed by atoms with E-state index in [9.17, 15) is 9.18 Å². The van der Waals surface area contributed by atoms with E-state index in [0.717, 1.165) is 5.56 Å². The minimum atomic E-state index is -0.298. The molecule has 5 nitrogen and oxygen atoms in total. The second kappa shape index (κ2) is 7.56. The predicted octanol–water partition coefficient (Wildman–Crippen LogP) is 3.84. The van der Waals surface area contributed by atoms with Gasteiger partial charge in [-0.1, -0.05) is 38.1 Å². The largest absolute Gasteiger partial charge is 0.347 e. The van der Waals surface area contributed by atoms with Crippen LogP contribution in [0.4, 0.5) is 4.39 Å². The molecule has 0 spiro atoms. The molecule has 0 radical (unpaired) electrons. The van der Waals surface area contributed by atoms with Crippen LogP contribution in [0.15, 0.2) is 54.6 Å². The second-order valence-corrected chi connectivity index (χ2v) is 7.37. The van der Waals surface area contributed by atoms with E-state index in [1.165, 1.54) is 23.3 Å². The molecular weight excluding hydrogens is 355 g/mol. The molecule has 144 valence electrons. The zero-order chi connectivity index (χ0) is 19.7. The number of aromatic nitrogens is 2. The van der Waals surface area contributed by atoms with Crippen LogP contribution in [-0.2, 0) is 6.54 Å². The highest BCUT2D eigenvalue weighted by atomic mass is 19.1. The van der Waals surface area contributed by atoms with E-state index in [0.29, 0.717) is 30.4 Å². The van der Waals surface area contributed by atoms with Gasteiger partial charge in [0.15, 0.2) is 0 Å². The van der Waals surface area contributed by atoms with Gasteiger partial charge in [0, 0.05) is 12.1 Å². The zero-order valence-electron chi connectivity index (χ0n) is 15.9. The standard InChI is InChI=1S/C22H23FN4O/c1-14(2)16-5-3-15(4-6-16)12-24-21-13-25-22(28)20-11-19(26-27(20)21)17-7-9-18(23)10-8-17/h3-11,14,21,24H,12-13H2,1-2H3,(H,25,28). The molecule has 0 bridgehead atoms. The minimum absolute atomic E-state index is 0.147. The third-order valence-electron chi connectivity index (χ3n) is 5.05. The van der Waals surface area contributed by atoms with Crippen molar-refractivity contribution in [3.63, 3.8) is 0 Å². The van der Waals surface area contributed by atoms with Crippen molar-refractivity contribution < 1.29 is 9.18 Å². The van der Waals surface area contributed by atoms with Gasteiger partial charge in [-0.3, -0.25) is 10.1 Å². The van der Waals surface area contributed by atoms with Crippen molar-refractivity contribution in [2.24, 2.45) is 0 Å². The number of hydrogen-bond donors (Lipinski definition) is 2. The fourth-order valence-electron chi connectivity index (χ4n) is 3.34. The molecule has 28 heavy (non-hydrogen) atoms. The zero-order valence-corrected chi connectivity index (χ0v) is 15.9. The smallest absolute Gasteiger partial charge is 0.269 e. The van der Waals surface area contributed by atoms with Crippen LogP contribution >= 0.6 is 0 Å². The maximum atomic E-state index is 13.2. The van der Waals surface area contributed by atoms with Gasteiger partial charge in [0.05, 0.1) is 12.2 Å². The lowest BCUT2D eigenvalue weighted by atomic mass is 10.0. The number of halogens is 1. The fraction of sp³-hybridized carbons (Fsp3) is 0.273. The van der Waals surface area contributed by atoms with Crippen molar-refractivity contribution in [3.05, 3.63) is 77.2 Å². The molecule has 0 saturated carbocycles. The molecule has 1 aromatic heterocycles. The lowest BCUT2D eigenvalue weighted by molar-refractivity contribution is 0.0900. The number of rotatable bonds is 5. The molecule has 2 heterocycles. The Morgan fingerprint density at radius 3 is 2.57 bits per heavy atom. The van der Waals surface area contributed by atoms with Gasteiger partial charge in [0.2, 0.25) is 0 Å². The number of hydrogen-bond acceptors (Lipinski definition) is 3. The van der Waals surface area contributed by atoms with Gasteiger partial charge in [-0.05, 0) is 47.4 Å². The van der Waals surface area contributed by atoms with Crippen LogP contribution in [0.1, 0.15) is 47.5 Å². The van der Waals surface area contributed by atoms with Crippen molar-refractivity contribution >= 4 is 5.91 Å². The Hall–Kier alpha value is -2.99. The topological polar surface area (TPSA) is 58.9 Å². The van der Waals surface area contributed by atoms with Gasteiger partial charge in [0.25, 0.3) is 5.91 Å². The number of nitrogens with zero attached hydrogens (tertiary/aromatic N) is 2. The summed E-state index contributed by atoms with van der Waals surface area (Å²) in [5, 5.41) is 11.0. The highest BCUT2D eigenvalue weighted by Gasteiger charge is 2.27. The van der Waals surface area contributed by atoms with Gasteiger partial charge in [-0.15, -0.1) is 0 Å².